The van der Waals surface area contributed by atoms with Gasteiger partial charge in [-0.2, -0.15) is 0 Å². The number of hydrogen-bond donors (Lipinski definition) is 1. The van der Waals surface area contributed by atoms with Gasteiger partial charge in [-0.25, -0.2) is 0 Å². The predicted octanol–water partition coefficient (Wildman–Crippen LogP) is 5.32. The van der Waals surface area contributed by atoms with Gasteiger partial charge in [0.05, 0.1) is 35.0 Å². The van der Waals surface area contributed by atoms with E-state index in [1.807, 2.05) is 0 Å². The van der Waals surface area contributed by atoms with Crippen LogP contribution in [0, 0.1) is 0 Å². The molecule has 0 aliphatic rings. The van der Waals surface area contributed by atoms with E-state index < -0.39 is 0 Å². The van der Waals surface area contributed by atoms with E-state index >= 15 is 0 Å². The van der Waals surface area contributed by atoms with Gasteiger partial charge in [-0.3, -0.25) is 4.79 Å². The number of halogens is 3. The maximum absolute atomic E-state index is 12.1. The second kappa shape index (κ2) is 8.29. The molecular weight excluding hydrogens is 373 g/mol. The van der Waals surface area contributed by atoms with Crippen LogP contribution in [0.1, 0.15) is 5.56 Å². The van der Waals surface area contributed by atoms with Gasteiger partial charge in [-0.05, 0) is 36.4 Å². The van der Waals surface area contributed by atoms with E-state index in [1.54, 1.807) is 38.5 Å². The highest BCUT2D eigenvalue weighted by atomic mass is 35.5. The topological polar surface area (TPSA) is 47.6 Å². The standard InChI is InChI=1S/C17H14Cl3NO3/c1-23-11-4-5-16(24-2)10(7-11)3-6-17(22)21-15-9-13(19)12(18)8-14(15)20/h3-9H,1-2H3,(H,21,22)/b6-3+. The van der Waals surface area contributed by atoms with E-state index in [-0.39, 0.29) is 5.91 Å². The Labute approximate surface area is 154 Å². The van der Waals surface area contributed by atoms with Crippen molar-refractivity contribution in [2.24, 2.45) is 0 Å². The molecule has 24 heavy (non-hydrogen) atoms. The first kappa shape index (κ1) is 18.5. The number of carbonyl (C=O) groups is 1. The van der Waals surface area contributed by atoms with Crippen molar-refractivity contribution in [1.82, 2.24) is 0 Å². The molecule has 0 unspecified atom stereocenters. The number of hydrogen-bond acceptors (Lipinski definition) is 3. The van der Waals surface area contributed by atoms with Crippen molar-refractivity contribution in [3.05, 3.63) is 57.0 Å². The number of methoxy groups -OCH3 is 2. The van der Waals surface area contributed by atoms with E-state index in [1.165, 1.54) is 18.2 Å². The highest BCUT2D eigenvalue weighted by Gasteiger charge is 2.08. The fourth-order valence-corrected chi connectivity index (χ4v) is 2.52. The minimum absolute atomic E-state index is 0.296. The van der Waals surface area contributed by atoms with Crippen LogP contribution in [0.2, 0.25) is 15.1 Å². The lowest BCUT2D eigenvalue weighted by molar-refractivity contribution is -0.111. The van der Waals surface area contributed by atoms with Crippen LogP contribution in [0.25, 0.3) is 6.08 Å². The molecule has 0 aliphatic carbocycles. The molecule has 0 saturated carbocycles. The van der Waals surface area contributed by atoms with Gasteiger partial charge in [0, 0.05) is 11.6 Å². The minimum atomic E-state index is -0.375. The van der Waals surface area contributed by atoms with Crippen molar-refractivity contribution in [3.8, 4) is 11.5 Å². The summed E-state index contributed by atoms with van der Waals surface area (Å²) in [6.45, 7) is 0. The Morgan fingerprint density at radius 1 is 1.00 bits per heavy atom. The molecule has 0 heterocycles. The van der Waals surface area contributed by atoms with Crippen molar-refractivity contribution in [3.63, 3.8) is 0 Å². The third kappa shape index (κ3) is 4.57. The maximum Gasteiger partial charge on any atom is 0.248 e. The molecule has 0 fully saturated rings. The van der Waals surface area contributed by atoms with Crippen LogP contribution in [0.3, 0.4) is 0 Å². The molecule has 0 bridgehead atoms. The highest BCUT2D eigenvalue weighted by Crippen LogP contribution is 2.32. The highest BCUT2D eigenvalue weighted by molar-refractivity contribution is 6.44. The number of ether oxygens (including phenoxy) is 2. The number of carbonyl (C=O) groups excluding carboxylic acids is 1. The SMILES string of the molecule is COc1ccc(OC)c(/C=C/C(=O)Nc2cc(Cl)c(Cl)cc2Cl)c1. The molecular formula is C17H14Cl3NO3. The molecule has 2 aromatic rings. The number of nitrogens with one attached hydrogen (secondary N) is 1. The molecule has 0 saturated heterocycles. The summed E-state index contributed by atoms with van der Waals surface area (Å²) < 4.78 is 10.4. The molecule has 2 aromatic carbocycles. The second-order valence-corrected chi connectivity index (χ2v) is 5.90. The van der Waals surface area contributed by atoms with Gasteiger partial charge in [0.25, 0.3) is 0 Å². The number of anilines is 1. The summed E-state index contributed by atoms with van der Waals surface area (Å²) in [5, 5.41) is 3.55. The summed E-state index contributed by atoms with van der Waals surface area (Å²) >= 11 is 17.8. The van der Waals surface area contributed by atoms with Crippen molar-refractivity contribution < 1.29 is 14.3 Å². The van der Waals surface area contributed by atoms with Crippen LogP contribution < -0.4 is 14.8 Å². The maximum atomic E-state index is 12.1. The fraction of sp³-hybridized carbons (Fsp3) is 0.118. The van der Waals surface area contributed by atoms with E-state index in [4.69, 9.17) is 44.3 Å². The van der Waals surface area contributed by atoms with Crippen LogP contribution in [0.5, 0.6) is 11.5 Å². The predicted molar refractivity (Wildman–Crippen MR) is 98.7 cm³/mol. The van der Waals surface area contributed by atoms with Crippen molar-refractivity contribution >= 4 is 52.5 Å². The van der Waals surface area contributed by atoms with Crippen LogP contribution in [-0.2, 0) is 4.79 Å². The summed E-state index contributed by atoms with van der Waals surface area (Å²) in [5.74, 6) is 0.899. The van der Waals surface area contributed by atoms with Gasteiger partial charge in [-0.15, -0.1) is 0 Å². The summed E-state index contributed by atoms with van der Waals surface area (Å²) in [5.41, 5.74) is 1.07. The van der Waals surface area contributed by atoms with Gasteiger partial charge >= 0.3 is 0 Å². The average molecular weight is 387 g/mol. The third-order valence-corrected chi connectivity index (χ3v) is 4.15. The van der Waals surface area contributed by atoms with Gasteiger partial charge in [-0.1, -0.05) is 34.8 Å². The summed E-state index contributed by atoms with van der Waals surface area (Å²) in [7, 11) is 3.11. The number of amides is 1. The molecule has 0 aliphatic heterocycles. The largest absolute Gasteiger partial charge is 0.497 e. The average Bonchev–Trinajstić information content (AvgIpc) is 2.57. The Morgan fingerprint density at radius 3 is 2.38 bits per heavy atom. The quantitative estimate of drug-likeness (QED) is 0.559. The zero-order chi connectivity index (χ0) is 17.7. The van der Waals surface area contributed by atoms with Crippen LogP contribution in [-0.4, -0.2) is 20.1 Å². The van der Waals surface area contributed by atoms with E-state index in [0.717, 1.165) is 0 Å². The monoisotopic (exact) mass is 385 g/mol. The van der Waals surface area contributed by atoms with Crippen LogP contribution in [0.15, 0.2) is 36.4 Å². The normalized spacial score (nSPS) is 10.7. The molecule has 126 valence electrons. The first-order chi connectivity index (χ1) is 11.4. The van der Waals surface area contributed by atoms with Crippen molar-refractivity contribution in [1.29, 1.82) is 0 Å². The molecule has 0 radical (unpaired) electrons. The van der Waals surface area contributed by atoms with Gasteiger partial charge < -0.3 is 14.8 Å². The molecule has 1 amide bonds. The van der Waals surface area contributed by atoms with E-state index in [9.17, 15) is 4.79 Å². The Balaban J connectivity index is 2.18. The first-order valence-electron chi connectivity index (χ1n) is 6.80. The number of rotatable bonds is 5. The molecule has 7 heteroatoms. The second-order valence-electron chi connectivity index (χ2n) is 4.68. The Hall–Kier alpha value is -1.88. The number of benzene rings is 2. The zero-order valence-corrected chi connectivity index (χ0v) is 15.2. The minimum Gasteiger partial charge on any atom is -0.497 e. The van der Waals surface area contributed by atoms with E-state index in [0.29, 0.717) is 37.8 Å². The lowest BCUT2D eigenvalue weighted by Crippen LogP contribution is -2.08. The van der Waals surface area contributed by atoms with Crippen molar-refractivity contribution in [2.45, 2.75) is 0 Å². The van der Waals surface area contributed by atoms with Crippen molar-refractivity contribution in [2.75, 3.05) is 19.5 Å². The Morgan fingerprint density at radius 2 is 1.71 bits per heavy atom. The Kier molecular flexibility index (Phi) is 6.37. The van der Waals surface area contributed by atoms with Gasteiger partial charge in [0.2, 0.25) is 5.91 Å². The lowest BCUT2D eigenvalue weighted by Gasteiger charge is -2.08. The van der Waals surface area contributed by atoms with Crippen LogP contribution in [0.4, 0.5) is 5.69 Å². The molecule has 4 nitrogen and oxygen atoms in total. The summed E-state index contributed by atoms with van der Waals surface area (Å²) in [6.07, 6.45) is 2.97. The molecule has 0 spiro atoms. The van der Waals surface area contributed by atoms with Gasteiger partial charge in [0.15, 0.2) is 0 Å². The zero-order valence-electron chi connectivity index (χ0n) is 12.9. The van der Waals surface area contributed by atoms with Crippen LogP contribution >= 0.6 is 34.8 Å². The first-order valence-corrected chi connectivity index (χ1v) is 7.93. The van der Waals surface area contributed by atoms with Gasteiger partial charge in [0.1, 0.15) is 11.5 Å². The smallest absolute Gasteiger partial charge is 0.248 e. The Bertz CT molecular complexity index is 791. The molecule has 2 rings (SSSR count). The molecule has 0 atom stereocenters. The molecule has 1 N–H and O–H groups in total. The molecule has 0 aromatic heterocycles. The van der Waals surface area contributed by atoms with E-state index in [2.05, 4.69) is 5.32 Å². The summed E-state index contributed by atoms with van der Waals surface area (Å²) in [6, 6.07) is 8.24. The third-order valence-electron chi connectivity index (χ3n) is 3.12. The fourth-order valence-electron chi connectivity index (χ4n) is 1.93. The summed E-state index contributed by atoms with van der Waals surface area (Å²) in [4.78, 5) is 12.1. The lowest BCUT2D eigenvalue weighted by atomic mass is 10.1.